The largest absolute Gasteiger partial charge is 0.343 e. The number of fused-ring (bicyclic) bond motifs is 1. The maximum absolute atomic E-state index is 6.38. The summed E-state index contributed by atoms with van der Waals surface area (Å²) in [5.74, 6) is 0.637. The first-order valence-corrected chi connectivity index (χ1v) is 9.20. The van der Waals surface area contributed by atoms with Crippen LogP contribution < -0.4 is 5.32 Å². The predicted octanol–water partition coefficient (Wildman–Crippen LogP) is 5.89. The van der Waals surface area contributed by atoms with E-state index < -0.39 is 0 Å². The molecule has 1 N–H and O–H groups in total. The third-order valence-electron chi connectivity index (χ3n) is 4.95. The lowest BCUT2D eigenvalue weighted by atomic mass is 9.90. The number of para-hydroxylation sites is 1. The van der Waals surface area contributed by atoms with Gasteiger partial charge in [-0.1, -0.05) is 47.5 Å². The Kier molecular flexibility index (Phi) is 5.96. The molecule has 0 aliphatic carbocycles. The Bertz CT molecular complexity index is 867. The predicted molar refractivity (Wildman–Crippen MR) is 110 cm³/mol. The van der Waals surface area contributed by atoms with E-state index in [4.69, 9.17) is 23.2 Å². The van der Waals surface area contributed by atoms with Crippen molar-refractivity contribution in [1.29, 1.82) is 0 Å². The van der Waals surface area contributed by atoms with Crippen LogP contribution in [0.1, 0.15) is 29.9 Å². The van der Waals surface area contributed by atoms with Gasteiger partial charge in [-0.15, -0.1) is 12.4 Å². The van der Waals surface area contributed by atoms with Gasteiger partial charge in [0.25, 0.3) is 0 Å². The lowest BCUT2D eigenvalue weighted by Crippen LogP contribution is -2.26. The first-order chi connectivity index (χ1) is 11.7. The zero-order chi connectivity index (χ0) is 16.5. The van der Waals surface area contributed by atoms with Gasteiger partial charge in [0.05, 0.1) is 0 Å². The molecule has 1 aromatic heterocycles. The molecule has 1 aliphatic rings. The topological polar surface area (TPSA) is 17.0 Å². The van der Waals surface area contributed by atoms with Crippen molar-refractivity contribution >= 4 is 46.5 Å². The SMILES string of the molecule is Cl.Clc1ccc(Cn2cc(C3CCNCC3)c3ccccc32)c(Cl)c1. The van der Waals surface area contributed by atoms with Crippen LogP contribution >= 0.6 is 35.6 Å². The van der Waals surface area contributed by atoms with Crippen LogP contribution in [0.2, 0.25) is 10.0 Å². The van der Waals surface area contributed by atoms with Gasteiger partial charge in [0.1, 0.15) is 0 Å². The molecule has 0 amide bonds. The molecule has 4 rings (SSSR count). The van der Waals surface area contributed by atoms with Gasteiger partial charge in [0, 0.05) is 33.7 Å². The minimum absolute atomic E-state index is 0. The van der Waals surface area contributed by atoms with Gasteiger partial charge >= 0.3 is 0 Å². The second-order valence-corrected chi connectivity index (χ2v) is 7.33. The van der Waals surface area contributed by atoms with E-state index in [0.29, 0.717) is 10.9 Å². The smallest absolute Gasteiger partial charge is 0.0491 e. The van der Waals surface area contributed by atoms with Crippen LogP contribution in [0.25, 0.3) is 10.9 Å². The number of rotatable bonds is 3. The molecule has 1 saturated heterocycles. The summed E-state index contributed by atoms with van der Waals surface area (Å²) in [6, 6.07) is 14.4. The lowest BCUT2D eigenvalue weighted by Gasteiger charge is -2.22. The molecule has 5 heteroatoms. The van der Waals surface area contributed by atoms with Gasteiger partial charge in [-0.25, -0.2) is 0 Å². The number of hydrogen-bond acceptors (Lipinski definition) is 1. The standard InChI is InChI=1S/C20H20Cl2N2.ClH/c21-16-6-5-15(19(22)11-16)12-24-13-18(14-7-9-23-10-8-14)17-3-1-2-4-20(17)24;/h1-6,11,13-14,23H,7-10,12H2;1H. The molecule has 2 aromatic carbocycles. The first kappa shape index (κ1) is 18.6. The number of aromatic nitrogens is 1. The molecule has 1 fully saturated rings. The quantitative estimate of drug-likeness (QED) is 0.585. The molecule has 0 bridgehead atoms. The fourth-order valence-corrected chi connectivity index (χ4v) is 4.17. The third kappa shape index (κ3) is 3.83. The fourth-order valence-electron chi connectivity index (χ4n) is 3.70. The lowest BCUT2D eigenvalue weighted by molar-refractivity contribution is 0.461. The van der Waals surface area contributed by atoms with E-state index in [1.165, 1.54) is 29.3 Å². The highest BCUT2D eigenvalue weighted by Crippen LogP contribution is 2.34. The summed E-state index contributed by atoms with van der Waals surface area (Å²) in [5.41, 5.74) is 3.84. The maximum Gasteiger partial charge on any atom is 0.0491 e. The van der Waals surface area contributed by atoms with E-state index in [2.05, 4.69) is 40.3 Å². The number of benzene rings is 2. The van der Waals surface area contributed by atoms with Gasteiger partial charge in [0.2, 0.25) is 0 Å². The highest BCUT2D eigenvalue weighted by molar-refractivity contribution is 6.35. The molecule has 2 heterocycles. The fraction of sp³-hybridized carbons (Fsp3) is 0.300. The zero-order valence-electron chi connectivity index (χ0n) is 13.8. The normalized spacial score (nSPS) is 15.3. The highest BCUT2D eigenvalue weighted by Gasteiger charge is 2.20. The average Bonchev–Trinajstić information content (AvgIpc) is 2.97. The van der Waals surface area contributed by atoms with Crippen LogP contribution in [0.3, 0.4) is 0 Å². The van der Waals surface area contributed by atoms with E-state index >= 15 is 0 Å². The second kappa shape index (κ2) is 8.01. The van der Waals surface area contributed by atoms with E-state index in [0.717, 1.165) is 30.2 Å². The van der Waals surface area contributed by atoms with Gasteiger partial charge in [-0.3, -0.25) is 0 Å². The summed E-state index contributed by atoms with van der Waals surface area (Å²) in [7, 11) is 0. The summed E-state index contributed by atoms with van der Waals surface area (Å²) >= 11 is 12.4. The minimum Gasteiger partial charge on any atom is -0.343 e. The summed E-state index contributed by atoms with van der Waals surface area (Å²) in [6.07, 6.45) is 4.73. The van der Waals surface area contributed by atoms with E-state index in [9.17, 15) is 0 Å². The molecular weight excluding hydrogens is 375 g/mol. The minimum atomic E-state index is 0. The number of nitrogens with zero attached hydrogens (tertiary/aromatic N) is 1. The molecule has 0 radical (unpaired) electrons. The molecule has 0 saturated carbocycles. The van der Waals surface area contributed by atoms with Crippen molar-refractivity contribution < 1.29 is 0 Å². The molecule has 25 heavy (non-hydrogen) atoms. The number of hydrogen-bond donors (Lipinski definition) is 1. The van der Waals surface area contributed by atoms with E-state index in [1.807, 2.05) is 18.2 Å². The average molecular weight is 396 g/mol. The second-order valence-electron chi connectivity index (χ2n) is 6.49. The number of piperidine rings is 1. The Hall–Kier alpha value is -1.19. The number of nitrogens with one attached hydrogen (secondary N) is 1. The Labute approximate surface area is 164 Å². The van der Waals surface area contributed by atoms with Crippen LogP contribution in [-0.4, -0.2) is 17.7 Å². The van der Waals surface area contributed by atoms with Gasteiger partial charge in [0.15, 0.2) is 0 Å². The molecule has 0 atom stereocenters. The first-order valence-electron chi connectivity index (χ1n) is 8.45. The molecule has 2 nitrogen and oxygen atoms in total. The van der Waals surface area contributed by atoms with Crippen LogP contribution in [-0.2, 0) is 6.54 Å². The third-order valence-corrected chi connectivity index (χ3v) is 5.54. The van der Waals surface area contributed by atoms with Crippen LogP contribution in [0.15, 0.2) is 48.7 Å². The van der Waals surface area contributed by atoms with Gasteiger partial charge in [-0.05, 0) is 61.2 Å². The summed E-state index contributed by atoms with van der Waals surface area (Å²) in [5, 5.41) is 6.23. The molecule has 3 aromatic rings. The number of halogens is 3. The molecule has 0 spiro atoms. The van der Waals surface area contributed by atoms with Crippen molar-refractivity contribution in [3.63, 3.8) is 0 Å². The Morgan fingerprint density at radius 2 is 1.80 bits per heavy atom. The van der Waals surface area contributed by atoms with Crippen molar-refractivity contribution in [3.8, 4) is 0 Å². The van der Waals surface area contributed by atoms with Crippen molar-refractivity contribution in [3.05, 3.63) is 69.8 Å². The van der Waals surface area contributed by atoms with Crippen molar-refractivity contribution in [2.24, 2.45) is 0 Å². The van der Waals surface area contributed by atoms with Gasteiger partial charge < -0.3 is 9.88 Å². The van der Waals surface area contributed by atoms with Gasteiger partial charge in [-0.2, -0.15) is 0 Å². The molecular formula is C20H21Cl3N2. The summed E-state index contributed by atoms with van der Waals surface area (Å²) in [6.45, 7) is 2.97. The van der Waals surface area contributed by atoms with E-state index in [-0.39, 0.29) is 12.4 Å². The van der Waals surface area contributed by atoms with Crippen molar-refractivity contribution in [2.45, 2.75) is 25.3 Å². The van der Waals surface area contributed by atoms with Crippen molar-refractivity contribution in [2.75, 3.05) is 13.1 Å². The Morgan fingerprint density at radius 3 is 2.56 bits per heavy atom. The Morgan fingerprint density at radius 1 is 1.04 bits per heavy atom. The summed E-state index contributed by atoms with van der Waals surface area (Å²) < 4.78 is 2.32. The monoisotopic (exact) mass is 394 g/mol. The zero-order valence-corrected chi connectivity index (χ0v) is 16.2. The van der Waals surface area contributed by atoms with Crippen LogP contribution in [0, 0.1) is 0 Å². The summed E-state index contributed by atoms with van der Waals surface area (Å²) in [4.78, 5) is 0. The maximum atomic E-state index is 6.38. The molecule has 132 valence electrons. The Balaban J connectivity index is 0.00000182. The molecule has 1 aliphatic heterocycles. The van der Waals surface area contributed by atoms with Crippen LogP contribution in [0.5, 0.6) is 0 Å². The molecule has 0 unspecified atom stereocenters. The van der Waals surface area contributed by atoms with Crippen molar-refractivity contribution in [1.82, 2.24) is 9.88 Å². The van der Waals surface area contributed by atoms with E-state index in [1.54, 1.807) is 0 Å². The van der Waals surface area contributed by atoms with Crippen LogP contribution in [0.4, 0.5) is 0 Å². The highest BCUT2D eigenvalue weighted by atomic mass is 35.5.